The molecule has 0 aromatic carbocycles. The molecular formula is C18H36N2O2. The fraction of sp³-hybridized carbons (Fsp3) is 0.944. The van der Waals surface area contributed by atoms with Gasteiger partial charge >= 0.3 is 6.09 Å². The van der Waals surface area contributed by atoms with E-state index in [1.165, 1.54) is 25.7 Å². The van der Waals surface area contributed by atoms with Crippen molar-refractivity contribution in [2.45, 2.75) is 91.8 Å². The molecule has 1 rings (SSSR count). The van der Waals surface area contributed by atoms with Crippen molar-refractivity contribution in [3.05, 3.63) is 0 Å². The Morgan fingerprint density at radius 1 is 1.27 bits per heavy atom. The minimum Gasteiger partial charge on any atom is -0.444 e. The standard InChI is InChI=1S/C18H36N2O2/c1-14(2)20(16(21)22-17(3,4)5)13-12-19-15-8-10-18(6,7)11-9-15/h14-15,19H,8-13H2,1-7H3. The second-order valence-corrected chi connectivity index (χ2v) is 8.66. The minimum absolute atomic E-state index is 0.155. The fourth-order valence-corrected chi connectivity index (χ4v) is 2.87. The lowest BCUT2D eigenvalue weighted by atomic mass is 9.75. The molecule has 0 saturated heterocycles. The summed E-state index contributed by atoms with van der Waals surface area (Å²) in [7, 11) is 0. The highest BCUT2D eigenvalue weighted by Gasteiger charge is 2.27. The van der Waals surface area contributed by atoms with E-state index < -0.39 is 5.60 Å². The lowest BCUT2D eigenvalue weighted by molar-refractivity contribution is 0.0191. The topological polar surface area (TPSA) is 41.6 Å². The molecule has 1 aliphatic carbocycles. The summed E-state index contributed by atoms with van der Waals surface area (Å²) in [5, 5.41) is 3.61. The first-order valence-electron chi connectivity index (χ1n) is 8.73. The number of hydrogen-bond acceptors (Lipinski definition) is 3. The monoisotopic (exact) mass is 312 g/mol. The van der Waals surface area contributed by atoms with Crippen molar-refractivity contribution in [1.29, 1.82) is 0 Å². The molecule has 1 saturated carbocycles. The first-order valence-corrected chi connectivity index (χ1v) is 8.73. The summed E-state index contributed by atoms with van der Waals surface area (Å²) in [5.74, 6) is 0. The predicted octanol–water partition coefficient (Wildman–Crippen LogP) is 4.19. The fourth-order valence-electron chi connectivity index (χ4n) is 2.87. The van der Waals surface area contributed by atoms with Gasteiger partial charge in [0.2, 0.25) is 0 Å². The summed E-state index contributed by atoms with van der Waals surface area (Å²) in [6.45, 7) is 16.0. The molecule has 4 heteroatoms. The number of nitrogens with zero attached hydrogens (tertiary/aromatic N) is 1. The van der Waals surface area contributed by atoms with Crippen LogP contribution in [0.1, 0.15) is 74.1 Å². The normalized spacial score (nSPS) is 19.3. The highest BCUT2D eigenvalue weighted by atomic mass is 16.6. The molecule has 4 nitrogen and oxygen atoms in total. The second-order valence-electron chi connectivity index (χ2n) is 8.66. The van der Waals surface area contributed by atoms with Crippen LogP contribution in [0.25, 0.3) is 0 Å². The van der Waals surface area contributed by atoms with Gasteiger partial charge in [0, 0.05) is 25.2 Å². The number of rotatable bonds is 5. The summed E-state index contributed by atoms with van der Waals surface area (Å²) >= 11 is 0. The molecule has 0 heterocycles. The third-order valence-corrected chi connectivity index (χ3v) is 4.38. The van der Waals surface area contributed by atoms with Crippen molar-refractivity contribution in [2.24, 2.45) is 5.41 Å². The summed E-state index contributed by atoms with van der Waals surface area (Å²) in [6, 6.07) is 0.752. The van der Waals surface area contributed by atoms with Gasteiger partial charge in [-0.2, -0.15) is 0 Å². The summed E-state index contributed by atoms with van der Waals surface area (Å²) in [6.07, 6.45) is 4.83. The molecule has 0 aromatic heterocycles. The van der Waals surface area contributed by atoms with E-state index in [4.69, 9.17) is 4.74 Å². The molecule has 22 heavy (non-hydrogen) atoms. The van der Waals surface area contributed by atoms with E-state index in [1.54, 1.807) is 0 Å². The van der Waals surface area contributed by atoms with Gasteiger partial charge < -0.3 is 15.0 Å². The van der Waals surface area contributed by atoms with Crippen LogP contribution in [-0.4, -0.2) is 41.8 Å². The van der Waals surface area contributed by atoms with Crippen LogP contribution in [0.2, 0.25) is 0 Å². The molecule has 0 radical (unpaired) electrons. The van der Waals surface area contributed by atoms with Crippen molar-refractivity contribution in [2.75, 3.05) is 13.1 Å². The highest BCUT2D eigenvalue weighted by Crippen LogP contribution is 2.34. The first-order chi connectivity index (χ1) is 10.0. The van der Waals surface area contributed by atoms with Gasteiger partial charge in [-0.1, -0.05) is 13.8 Å². The Bertz CT molecular complexity index is 349. The molecule has 0 unspecified atom stereocenters. The zero-order valence-electron chi connectivity index (χ0n) is 15.7. The van der Waals surface area contributed by atoms with Gasteiger partial charge in [0.25, 0.3) is 0 Å². The second kappa shape index (κ2) is 7.67. The van der Waals surface area contributed by atoms with Crippen LogP contribution in [-0.2, 0) is 4.74 Å². The Morgan fingerprint density at radius 3 is 2.27 bits per heavy atom. The smallest absolute Gasteiger partial charge is 0.410 e. The number of amides is 1. The minimum atomic E-state index is -0.438. The average molecular weight is 312 g/mol. The Hall–Kier alpha value is -0.770. The lowest BCUT2D eigenvalue weighted by Crippen LogP contribution is -2.46. The molecular weight excluding hydrogens is 276 g/mol. The Balaban J connectivity index is 2.38. The van der Waals surface area contributed by atoms with Crippen LogP contribution in [0.15, 0.2) is 0 Å². The van der Waals surface area contributed by atoms with Gasteiger partial charge in [-0.15, -0.1) is 0 Å². The summed E-state index contributed by atoms with van der Waals surface area (Å²) in [5.41, 5.74) is 0.0608. The van der Waals surface area contributed by atoms with Crippen LogP contribution in [0.4, 0.5) is 4.79 Å². The van der Waals surface area contributed by atoms with Crippen molar-refractivity contribution in [3.8, 4) is 0 Å². The zero-order valence-corrected chi connectivity index (χ0v) is 15.7. The van der Waals surface area contributed by atoms with Crippen LogP contribution >= 0.6 is 0 Å². The maximum atomic E-state index is 12.2. The van der Waals surface area contributed by atoms with Crippen molar-refractivity contribution >= 4 is 6.09 Å². The molecule has 1 aliphatic rings. The van der Waals surface area contributed by atoms with Crippen LogP contribution in [0, 0.1) is 5.41 Å². The van der Waals surface area contributed by atoms with Gasteiger partial charge in [0.15, 0.2) is 0 Å². The van der Waals surface area contributed by atoms with Crippen molar-refractivity contribution in [3.63, 3.8) is 0 Å². The Labute approximate surface area is 137 Å². The molecule has 0 aromatic rings. The largest absolute Gasteiger partial charge is 0.444 e. The van der Waals surface area contributed by atoms with E-state index in [1.807, 2.05) is 39.5 Å². The van der Waals surface area contributed by atoms with E-state index in [0.29, 0.717) is 18.0 Å². The quantitative estimate of drug-likeness (QED) is 0.827. The van der Waals surface area contributed by atoms with Crippen molar-refractivity contribution in [1.82, 2.24) is 10.2 Å². The number of carbonyl (C=O) groups is 1. The van der Waals surface area contributed by atoms with E-state index >= 15 is 0 Å². The Kier molecular flexibility index (Phi) is 6.72. The van der Waals surface area contributed by atoms with E-state index in [-0.39, 0.29) is 12.1 Å². The maximum absolute atomic E-state index is 12.2. The summed E-state index contributed by atoms with van der Waals surface area (Å²) in [4.78, 5) is 14.1. The van der Waals surface area contributed by atoms with Crippen LogP contribution < -0.4 is 5.32 Å². The third kappa shape index (κ3) is 6.99. The SMILES string of the molecule is CC(C)N(CCNC1CCC(C)(C)CC1)C(=O)OC(C)(C)C. The molecule has 1 fully saturated rings. The number of ether oxygens (including phenoxy) is 1. The third-order valence-electron chi connectivity index (χ3n) is 4.38. The van der Waals surface area contributed by atoms with Gasteiger partial charge in [0.05, 0.1) is 0 Å². The van der Waals surface area contributed by atoms with Gasteiger partial charge in [-0.05, 0) is 65.7 Å². The van der Waals surface area contributed by atoms with Crippen LogP contribution in [0.5, 0.6) is 0 Å². The maximum Gasteiger partial charge on any atom is 0.410 e. The molecule has 130 valence electrons. The van der Waals surface area contributed by atoms with Gasteiger partial charge in [-0.3, -0.25) is 0 Å². The number of hydrogen-bond donors (Lipinski definition) is 1. The molecule has 0 atom stereocenters. The molecule has 1 N–H and O–H groups in total. The molecule has 0 aliphatic heterocycles. The number of carbonyl (C=O) groups excluding carboxylic acids is 1. The van der Waals surface area contributed by atoms with Crippen LogP contribution in [0.3, 0.4) is 0 Å². The Morgan fingerprint density at radius 2 is 1.82 bits per heavy atom. The number of nitrogens with one attached hydrogen (secondary N) is 1. The predicted molar refractivity (Wildman–Crippen MR) is 92.1 cm³/mol. The summed E-state index contributed by atoms with van der Waals surface area (Å²) < 4.78 is 5.49. The highest BCUT2D eigenvalue weighted by molar-refractivity contribution is 5.68. The molecule has 0 bridgehead atoms. The van der Waals surface area contributed by atoms with Gasteiger partial charge in [-0.25, -0.2) is 4.79 Å². The van der Waals surface area contributed by atoms with E-state index in [9.17, 15) is 4.79 Å². The van der Waals surface area contributed by atoms with Crippen molar-refractivity contribution < 1.29 is 9.53 Å². The van der Waals surface area contributed by atoms with E-state index in [0.717, 1.165) is 6.54 Å². The van der Waals surface area contributed by atoms with Gasteiger partial charge in [0.1, 0.15) is 5.60 Å². The zero-order chi connectivity index (χ0) is 17.0. The molecule has 0 spiro atoms. The molecule has 1 amide bonds. The lowest BCUT2D eigenvalue weighted by Gasteiger charge is -2.35. The first kappa shape index (κ1) is 19.3. The average Bonchev–Trinajstić information content (AvgIpc) is 2.33. The van der Waals surface area contributed by atoms with E-state index in [2.05, 4.69) is 19.2 Å².